The zero-order valence-corrected chi connectivity index (χ0v) is 16.9. The number of imidazole rings is 1. The molecule has 30 heavy (non-hydrogen) atoms. The molecule has 0 aliphatic carbocycles. The highest BCUT2D eigenvalue weighted by atomic mass is 35.5. The van der Waals surface area contributed by atoms with Crippen molar-refractivity contribution in [3.63, 3.8) is 0 Å². The molecule has 4 nitrogen and oxygen atoms in total. The molecule has 0 bridgehead atoms. The standard InChI is InChI=1S/C25H19ClN4/c26-21-13-11-20(12-14-21)25-23(17-28-30(25)22-9-5-2-6-10-22)24(29-16-15-27-18-29)19-7-3-1-4-8-19/h1-18,24H. The smallest absolute Gasteiger partial charge is 0.0954 e. The lowest BCUT2D eigenvalue weighted by molar-refractivity contribution is 0.678. The Kier molecular flexibility index (Phi) is 4.91. The average Bonchev–Trinajstić information content (AvgIpc) is 3.47. The number of nitrogens with zero attached hydrogens (tertiary/aromatic N) is 4. The monoisotopic (exact) mass is 410 g/mol. The van der Waals surface area contributed by atoms with Crippen molar-refractivity contribution < 1.29 is 0 Å². The van der Waals surface area contributed by atoms with Crippen molar-refractivity contribution in [1.82, 2.24) is 19.3 Å². The normalized spacial score (nSPS) is 12.0. The van der Waals surface area contributed by atoms with Crippen molar-refractivity contribution >= 4 is 11.6 Å². The Bertz CT molecular complexity index is 1230. The molecule has 5 rings (SSSR count). The van der Waals surface area contributed by atoms with Gasteiger partial charge in [0.15, 0.2) is 0 Å². The maximum Gasteiger partial charge on any atom is 0.0954 e. The first-order valence-electron chi connectivity index (χ1n) is 9.73. The second-order valence-corrected chi connectivity index (χ2v) is 7.46. The van der Waals surface area contributed by atoms with E-state index in [1.165, 1.54) is 5.56 Å². The molecule has 2 aromatic heterocycles. The summed E-state index contributed by atoms with van der Waals surface area (Å²) >= 11 is 6.17. The third-order valence-corrected chi connectivity index (χ3v) is 5.40. The van der Waals surface area contributed by atoms with E-state index in [1.807, 2.05) is 71.9 Å². The van der Waals surface area contributed by atoms with E-state index in [9.17, 15) is 0 Å². The fourth-order valence-electron chi connectivity index (χ4n) is 3.79. The maximum absolute atomic E-state index is 6.17. The molecule has 0 fully saturated rings. The van der Waals surface area contributed by atoms with Crippen molar-refractivity contribution in [3.05, 3.63) is 126 Å². The molecule has 2 heterocycles. The van der Waals surface area contributed by atoms with Crippen LogP contribution >= 0.6 is 11.6 Å². The highest BCUT2D eigenvalue weighted by Gasteiger charge is 2.24. The van der Waals surface area contributed by atoms with Gasteiger partial charge in [0.05, 0.1) is 29.9 Å². The van der Waals surface area contributed by atoms with Crippen molar-refractivity contribution in [1.29, 1.82) is 0 Å². The van der Waals surface area contributed by atoms with Crippen molar-refractivity contribution in [2.24, 2.45) is 0 Å². The van der Waals surface area contributed by atoms with Gasteiger partial charge in [0.25, 0.3) is 0 Å². The SMILES string of the molecule is Clc1ccc(-c2c(C(c3ccccc3)n3ccnc3)cnn2-c2ccccc2)cc1. The molecule has 1 unspecified atom stereocenters. The van der Waals surface area contributed by atoms with Gasteiger partial charge in [0.2, 0.25) is 0 Å². The first-order chi connectivity index (χ1) is 14.8. The molecule has 0 N–H and O–H groups in total. The van der Waals surface area contributed by atoms with E-state index in [0.29, 0.717) is 5.02 Å². The van der Waals surface area contributed by atoms with Crippen molar-refractivity contribution in [2.75, 3.05) is 0 Å². The lowest BCUT2D eigenvalue weighted by Gasteiger charge is -2.20. The zero-order valence-electron chi connectivity index (χ0n) is 16.1. The molecule has 1 atom stereocenters. The molecule has 146 valence electrons. The van der Waals surface area contributed by atoms with E-state index in [2.05, 4.69) is 45.9 Å². The summed E-state index contributed by atoms with van der Waals surface area (Å²) in [5.74, 6) is 0. The predicted octanol–water partition coefficient (Wildman–Crippen LogP) is 6.03. The van der Waals surface area contributed by atoms with Crippen LogP contribution in [-0.2, 0) is 0 Å². The van der Waals surface area contributed by atoms with Crippen molar-refractivity contribution in [3.8, 4) is 16.9 Å². The van der Waals surface area contributed by atoms with Crippen LogP contribution in [-0.4, -0.2) is 19.3 Å². The van der Waals surface area contributed by atoms with Crippen LogP contribution in [0.4, 0.5) is 0 Å². The number of para-hydroxylation sites is 1. The largest absolute Gasteiger partial charge is 0.326 e. The van der Waals surface area contributed by atoms with Gasteiger partial charge in [-0.15, -0.1) is 0 Å². The van der Waals surface area contributed by atoms with Crippen molar-refractivity contribution in [2.45, 2.75) is 6.04 Å². The Labute approximate surface area is 180 Å². The van der Waals surface area contributed by atoms with E-state index in [-0.39, 0.29) is 6.04 Å². The Morgan fingerprint density at radius 1 is 0.800 bits per heavy atom. The molecule has 3 aromatic carbocycles. The van der Waals surface area contributed by atoms with Crippen LogP contribution < -0.4 is 0 Å². The predicted molar refractivity (Wildman–Crippen MR) is 120 cm³/mol. The van der Waals surface area contributed by atoms with Crippen LogP contribution in [0.15, 0.2) is 110 Å². The highest BCUT2D eigenvalue weighted by Crippen LogP contribution is 2.36. The molecular weight excluding hydrogens is 392 g/mol. The quantitative estimate of drug-likeness (QED) is 0.354. The average molecular weight is 411 g/mol. The van der Waals surface area contributed by atoms with E-state index < -0.39 is 0 Å². The summed E-state index contributed by atoms with van der Waals surface area (Å²) < 4.78 is 4.10. The Morgan fingerprint density at radius 3 is 2.17 bits per heavy atom. The van der Waals surface area contributed by atoms with Gasteiger partial charge in [-0.25, -0.2) is 9.67 Å². The fourth-order valence-corrected chi connectivity index (χ4v) is 3.92. The minimum atomic E-state index is -0.0585. The van der Waals surface area contributed by atoms with Crippen LogP contribution in [0.1, 0.15) is 17.2 Å². The summed E-state index contributed by atoms with van der Waals surface area (Å²) in [6.45, 7) is 0. The first kappa shape index (κ1) is 18.4. The van der Waals surface area contributed by atoms with Crippen LogP contribution in [0.25, 0.3) is 16.9 Å². The van der Waals surface area contributed by atoms with E-state index in [0.717, 1.165) is 22.5 Å². The number of benzene rings is 3. The molecule has 5 heteroatoms. The third kappa shape index (κ3) is 3.42. The van der Waals surface area contributed by atoms with Gasteiger partial charge in [-0.3, -0.25) is 0 Å². The molecular formula is C25H19ClN4. The fraction of sp³-hybridized carbons (Fsp3) is 0.0400. The minimum absolute atomic E-state index is 0.0585. The Morgan fingerprint density at radius 2 is 1.50 bits per heavy atom. The Balaban J connectivity index is 1.77. The van der Waals surface area contributed by atoms with E-state index in [4.69, 9.17) is 16.7 Å². The molecule has 0 amide bonds. The summed E-state index contributed by atoms with van der Waals surface area (Å²) in [6.07, 6.45) is 7.60. The lowest BCUT2D eigenvalue weighted by Crippen LogP contribution is -2.12. The van der Waals surface area contributed by atoms with Crippen LogP contribution in [0, 0.1) is 0 Å². The Hall–Kier alpha value is -3.63. The van der Waals surface area contributed by atoms with E-state index >= 15 is 0 Å². The van der Waals surface area contributed by atoms with Gasteiger partial charge in [0.1, 0.15) is 0 Å². The second-order valence-electron chi connectivity index (χ2n) is 7.03. The zero-order chi connectivity index (χ0) is 20.3. The number of rotatable bonds is 5. The van der Waals surface area contributed by atoms with Gasteiger partial charge in [-0.2, -0.15) is 5.10 Å². The topological polar surface area (TPSA) is 35.6 Å². The number of hydrogen-bond donors (Lipinski definition) is 0. The molecule has 0 saturated heterocycles. The summed E-state index contributed by atoms with van der Waals surface area (Å²) in [4.78, 5) is 4.29. The summed E-state index contributed by atoms with van der Waals surface area (Å²) in [7, 11) is 0. The van der Waals surface area contributed by atoms with Gasteiger partial charge in [0, 0.05) is 28.5 Å². The first-order valence-corrected chi connectivity index (χ1v) is 10.1. The molecule has 0 spiro atoms. The van der Waals surface area contributed by atoms with Crippen LogP contribution in [0.2, 0.25) is 5.02 Å². The number of halogens is 1. The highest BCUT2D eigenvalue weighted by molar-refractivity contribution is 6.30. The van der Waals surface area contributed by atoms with Gasteiger partial charge in [-0.05, 0) is 29.8 Å². The van der Waals surface area contributed by atoms with Gasteiger partial charge >= 0.3 is 0 Å². The number of aromatic nitrogens is 4. The molecule has 0 aliphatic heterocycles. The van der Waals surface area contributed by atoms with Gasteiger partial charge in [-0.1, -0.05) is 72.3 Å². The van der Waals surface area contributed by atoms with E-state index in [1.54, 1.807) is 6.20 Å². The molecule has 0 saturated carbocycles. The minimum Gasteiger partial charge on any atom is -0.326 e. The summed E-state index contributed by atoms with van der Waals surface area (Å²) in [5, 5.41) is 5.50. The molecule has 0 aliphatic rings. The lowest BCUT2D eigenvalue weighted by atomic mass is 9.96. The maximum atomic E-state index is 6.17. The van der Waals surface area contributed by atoms with Crippen LogP contribution in [0.5, 0.6) is 0 Å². The third-order valence-electron chi connectivity index (χ3n) is 5.15. The summed E-state index contributed by atoms with van der Waals surface area (Å²) in [5.41, 5.74) is 5.34. The number of hydrogen-bond acceptors (Lipinski definition) is 2. The van der Waals surface area contributed by atoms with Crippen LogP contribution in [0.3, 0.4) is 0 Å². The summed E-state index contributed by atoms with van der Waals surface area (Å²) in [6, 6.07) is 28.4. The second kappa shape index (κ2) is 8.01. The molecule has 5 aromatic rings. The molecule has 0 radical (unpaired) electrons. The van der Waals surface area contributed by atoms with Gasteiger partial charge < -0.3 is 4.57 Å².